The van der Waals surface area contributed by atoms with Crippen molar-refractivity contribution in [1.82, 2.24) is 25.1 Å². The first kappa shape index (κ1) is 25.4. The SMILES string of the molecule is CCCSc1nc(NC(C)C)c2cnn(CCNC(=O)c3cc(OC)c(OC)c(OC)c3)c2n1. The van der Waals surface area contributed by atoms with Gasteiger partial charge in [0.25, 0.3) is 5.91 Å². The van der Waals surface area contributed by atoms with Crippen molar-refractivity contribution in [2.24, 2.45) is 0 Å². The van der Waals surface area contributed by atoms with Crippen LogP contribution in [0.4, 0.5) is 5.82 Å². The van der Waals surface area contributed by atoms with Crippen molar-refractivity contribution in [1.29, 1.82) is 0 Å². The van der Waals surface area contributed by atoms with Crippen molar-refractivity contribution in [3.05, 3.63) is 23.9 Å². The van der Waals surface area contributed by atoms with Gasteiger partial charge in [0.15, 0.2) is 22.3 Å². The lowest BCUT2D eigenvalue weighted by molar-refractivity contribution is 0.0951. The van der Waals surface area contributed by atoms with Gasteiger partial charge in [0, 0.05) is 23.9 Å². The van der Waals surface area contributed by atoms with Crippen molar-refractivity contribution in [2.75, 3.05) is 38.9 Å². The molecule has 34 heavy (non-hydrogen) atoms. The molecule has 1 amide bonds. The highest BCUT2D eigenvalue weighted by atomic mass is 32.2. The lowest BCUT2D eigenvalue weighted by Gasteiger charge is -2.14. The van der Waals surface area contributed by atoms with Crippen LogP contribution in [0.25, 0.3) is 11.0 Å². The van der Waals surface area contributed by atoms with E-state index in [0.717, 1.165) is 29.0 Å². The van der Waals surface area contributed by atoms with Gasteiger partial charge in [-0.05, 0) is 32.4 Å². The van der Waals surface area contributed by atoms with Crippen LogP contribution in [0.2, 0.25) is 0 Å². The van der Waals surface area contributed by atoms with E-state index in [9.17, 15) is 4.79 Å². The average Bonchev–Trinajstić information content (AvgIpc) is 3.24. The predicted octanol–water partition coefficient (Wildman–Crippen LogP) is 3.60. The van der Waals surface area contributed by atoms with Gasteiger partial charge in [-0.3, -0.25) is 4.79 Å². The number of amides is 1. The molecule has 0 aliphatic carbocycles. The maximum atomic E-state index is 12.8. The number of methoxy groups -OCH3 is 3. The third kappa shape index (κ3) is 5.82. The Morgan fingerprint density at radius 3 is 2.41 bits per heavy atom. The van der Waals surface area contributed by atoms with E-state index in [-0.39, 0.29) is 11.9 Å². The topological polar surface area (TPSA) is 112 Å². The van der Waals surface area contributed by atoms with Crippen molar-refractivity contribution in [3.63, 3.8) is 0 Å². The zero-order valence-corrected chi connectivity index (χ0v) is 21.3. The molecule has 0 atom stereocenters. The Morgan fingerprint density at radius 1 is 1.12 bits per heavy atom. The average molecular weight is 489 g/mol. The highest BCUT2D eigenvalue weighted by Crippen LogP contribution is 2.38. The summed E-state index contributed by atoms with van der Waals surface area (Å²) in [6.45, 7) is 7.07. The van der Waals surface area contributed by atoms with Crippen molar-refractivity contribution >= 4 is 34.5 Å². The molecule has 10 nitrogen and oxygen atoms in total. The van der Waals surface area contributed by atoms with Crippen LogP contribution in [0.3, 0.4) is 0 Å². The van der Waals surface area contributed by atoms with Gasteiger partial charge in [-0.2, -0.15) is 5.10 Å². The summed E-state index contributed by atoms with van der Waals surface area (Å²) in [5.74, 6) is 2.73. The van der Waals surface area contributed by atoms with Crippen LogP contribution >= 0.6 is 11.8 Å². The molecule has 2 aromatic heterocycles. The fourth-order valence-electron chi connectivity index (χ4n) is 3.33. The quantitative estimate of drug-likeness (QED) is 0.292. The minimum absolute atomic E-state index is 0.225. The normalized spacial score (nSPS) is 11.0. The number of benzene rings is 1. The second-order valence-corrected chi connectivity index (χ2v) is 8.84. The monoisotopic (exact) mass is 488 g/mol. The van der Waals surface area contributed by atoms with Crippen molar-refractivity contribution in [2.45, 2.75) is 44.9 Å². The lowest BCUT2D eigenvalue weighted by atomic mass is 10.1. The summed E-state index contributed by atoms with van der Waals surface area (Å²) in [6.07, 6.45) is 2.79. The molecule has 0 spiro atoms. The van der Waals surface area contributed by atoms with E-state index in [1.165, 1.54) is 21.3 Å². The number of rotatable bonds is 12. The summed E-state index contributed by atoms with van der Waals surface area (Å²) < 4.78 is 17.8. The van der Waals surface area contributed by atoms with Crippen molar-refractivity contribution in [3.8, 4) is 17.2 Å². The second-order valence-electron chi connectivity index (χ2n) is 7.78. The van der Waals surface area contributed by atoms with Gasteiger partial charge in [-0.15, -0.1) is 0 Å². The Kier molecular flexibility index (Phi) is 8.80. The number of anilines is 1. The number of hydrogen-bond donors (Lipinski definition) is 2. The number of fused-ring (bicyclic) bond motifs is 1. The largest absolute Gasteiger partial charge is 0.493 e. The van der Waals surface area contributed by atoms with Gasteiger partial charge in [0.1, 0.15) is 5.82 Å². The molecule has 0 fully saturated rings. The van der Waals surface area contributed by atoms with Crippen LogP contribution in [0.15, 0.2) is 23.5 Å². The number of ether oxygens (including phenoxy) is 3. The number of thioether (sulfide) groups is 1. The number of hydrogen-bond acceptors (Lipinski definition) is 9. The van der Waals surface area contributed by atoms with Crippen LogP contribution < -0.4 is 24.8 Å². The van der Waals surface area contributed by atoms with Gasteiger partial charge in [-0.1, -0.05) is 18.7 Å². The molecule has 0 radical (unpaired) electrons. The Bertz CT molecular complexity index is 1110. The molecular weight excluding hydrogens is 456 g/mol. The molecule has 0 saturated carbocycles. The zero-order valence-electron chi connectivity index (χ0n) is 20.5. The molecule has 11 heteroatoms. The Morgan fingerprint density at radius 2 is 1.82 bits per heavy atom. The van der Waals surface area contributed by atoms with Crippen LogP contribution in [-0.2, 0) is 6.54 Å². The Labute approximate surface area is 203 Å². The van der Waals surface area contributed by atoms with Crippen molar-refractivity contribution < 1.29 is 19.0 Å². The Balaban J connectivity index is 1.77. The first-order chi connectivity index (χ1) is 16.4. The summed E-state index contributed by atoms with van der Waals surface area (Å²) in [5.41, 5.74) is 1.14. The van der Waals surface area contributed by atoms with Crippen LogP contribution in [0.5, 0.6) is 17.2 Å². The van der Waals surface area contributed by atoms with E-state index >= 15 is 0 Å². The fraction of sp³-hybridized carbons (Fsp3) is 0.478. The van der Waals surface area contributed by atoms with Gasteiger partial charge in [0.05, 0.1) is 39.5 Å². The van der Waals surface area contributed by atoms with Crippen LogP contribution in [-0.4, -0.2) is 65.3 Å². The molecular formula is C23H32N6O4S. The third-order valence-electron chi connectivity index (χ3n) is 4.87. The maximum absolute atomic E-state index is 12.8. The molecule has 0 aliphatic heterocycles. The summed E-state index contributed by atoms with van der Waals surface area (Å²) >= 11 is 1.62. The highest BCUT2D eigenvalue weighted by Gasteiger charge is 2.18. The van der Waals surface area contributed by atoms with Gasteiger partial charge < -0.3 is 24.8 Å². The number of aromatic nitrogens is 4. The first-order valence-electron chi connectivity index (χ1n) is 11.1. The molecule has 3 aromatic rings. The lowest BCUT2D eigenvalue weighted by Crippen LogP contribution is -2.27. The van der Waals surface area contributed by atoms with E-state index in [0.29, 0.717) is 41.1 Å². The third-order valence-corrected chi connectivity index (χ3v) is 5.93. The standard InChI is InChI=1S/C23H32N6O4S/c1-7-10-34-23-27-20(26-14(2)3)16-13-25-29(21(16)28-23)9-8-24-22(30)15-11-17(31-4)19(33-6)18(12-15)32-5/h11-14H,7-10H2,1-6H3,(H,24,30)(H,26,27,28). The van der Waals surface area contributed by atoms with Crippen LogP contribution in [0.1, 0.15) is 37.6 Å². The molecule has 1 aromatic carbocycles. The molecule has 2 N–H and O–H groups in total. The van der Waals surface area contributed by atoms with E-state index in [1.54, 1.807) is 34.8 Å². The molecule has 3 rings (SSSR count). The fourth-order valence-corrected chi connectivity index (χ4v) is 4.02. The minimum Gasteiger partial charge on any atom is -0.493 e. The molecule has 0 unspecified atom stereocenters. The predicted molar refractivity (Wildman–Crippen MR) is 134 cm³/mol. The molecule has 0 aliphatic rings. The molecule has 0 bridgehead atoms. The number of nitrogens with zero attached hydrogens (tertiary/aromatic N) is 4. The maximum Gasteiger partial charge on any atom is 0.251 e. The van der Waals surface area contributed by atoms with Gasteiger partial charge >= 0.3 is 0 Å². The van der Waals surface area contributed by atoms with E-state index in [4.69, 9.17) is 19.2 Å². The number of carbonyl (C=O) groups excluding carboxylic acids is 1. The highest BCUT2D eigenvalue weighted by molar-refractivity contribution is 7.99. The molecule has 0 saturated heterocycles. The van der Waals surface area contributed by atoms with Gasteiger partial charge in [0.2, 0.25) is 5.75 Å². The first-order valence-corrected chi connectivity index (χ1v) is 12.1. The van der Waals surface area contributed by atoms with Gasteiger partial charge in [-0.25, -0.2) is 14.6 Å². The number of nitrogens with one attached hydrogen (secondary N) is 2. The zero-order chi connectivity index (χ0) is 24.7. The Hall–Kier alpha value is -3.21. The second kappa shape index (κ2) is 11.8. The molecule has 2 heterocycles. The summed E-state index contributed by atoms with van der Waals surface area (Å²) in [4.78, 5) is 22.2. The summed E-state index contributed by atoms with van der Waals surface area (Å²) in [5, 5.41) is 12.4. The summed E-state index contributed by atoms with van der Waals surface area (Å²) in [7, 11) is 4.55. The summed E-state index contributed by atoms with van der Waals surface area (Å²) in [6, 6.07) is 3.46. The van der Waals surface area contributed by atoms with E-state index in [2.05, 4.69) is 41.5 Å². The van der Waals surface area contributed by atoms with E-state index in [1.807, 2.05) is 0 Å². The van der Waals surface area contributed by atoms with Crippen LogP contribution in [0, 0.1) is 0 Å². The minimum atomic E-state index is -0.258. The number of carbonyl (C=O) groups is 1. The molecule has 184 valence electrons. The van der Waals surface area contributed by atoms with E-state index < -0.39 is 0 Å². The smallest absolute Gasteiger partial charge is 0.251 e.